The number of fused-ring (bicyclic) bond motifs is 1. The van der Waals surface area contributed by atoms with E-state index in [1.165, 1.54) is 5.56 Å². The Balaban J connectivity index is 1.96. The van der Waals surface area contributed by atoms with Gasteiger partial charge in [-0.2, -0.15) is 0 Å². The van der Waals surface area contributed by atoms with Crippen molar-refractivity contribution in [3.63, 3.8) is 0 Å². The van der Waals surface area contributed by atoms with Crippen LogP contribution in [0.25, 0.3) is 0 Å². The van der Waals surface area contributed by atoms with Crippen LogP contribution in [0, 0.1) is 0 Å². The SMILES string of the molecule is COC1CCCCC1(O)c1ccc2c(c1)CCO2. The van der Waals surface area contributed by atoms with Crippen LogP contribution in [0.4, 0.5) is 0 Å². The molecule has 0 saturated heterocycles. The second kappa shape index (κ2) is 4.56. The summed E-state index contributed by atoms with van der Waals surface area (Å²) in [6.45, 7) is 0.755. The van der Waals surface area contributed by atoms with Gasteiger partial charge in [0, 0.05) is 13.5 Å². The molecule has 1 aromatic rings. The van der Waals surface area contributed by atoms with Crippen molar-refractivity contribution in [1.82, 2.24) is 0 Å². The zero-order valence-electron chi connectivity index (χ0n) is 10.8. The van der Waals surface area contributed by atoms with Gasteiger partial charge in [-0.25, -0.2) is 0 Å². The zero-order chi connectivity index (χ0) is 12.6. The molecule has 1 heterocycles. The molecule has 1 aliphatic carbocycles. The van der Waals surface area contributed by atoms with Crippen LogP contribution in [0.3, 0.4) is 0 Å². The van der Waals surface area contributed by atoms with Crippen molar-refractivity contribution in [2.45, 2.75) is 43.8 Å². The Morgan fingerprint density at radius 3 is 3.11 bits per heavy atom. The fraction of sp³-hybridized carbons (Fsp3) is 0.600. The molecule has 1 fully saturated rings. The van der Waals surface area contributed by atoms with Crippen molar-refractivity contribution in [3.05, 3.63) is 29.3 Å². The fourth-order valence-electron chi connectivity index (χ4n) is 3.22. The highest BCUT2D eigenvalue weighted by Crippen LogP contribution is 2.40. The lowest BCUT2D eigenvalue weighted by Gasteiger charge is -2.39. The van der Waals surface area contributed by atoms with Crippen molar-refractivity contribution < 1.29 is 14.6 Å². The topological polar surface area (TPSA) is 38.7 Å². The Morgan fingerprint density at radius 2 is 2.28 bits per heavy atom. The van der Waals surface area contributed by atoms with Crippen molar-refractivity contribution in [3.8, 4) is 5.75 Å². The van der Waals surface area contributed by atoms with Gasteiger partial charge < -0.3 is 14.6 Å². The Hall–Kier alpha value is -1.06. The zero-order valence-corrected chi connectivity index (χ0v) is 10.8. The van der Waals surface area contributed by atoms with Gasteiger partial charge >= 0.3 is 0 Å². The minimum Gasteiger partial charge on any atom is -0.493 e. The fourth-order valence-corrected chi connectivity index (χ4v) is 3.22. The summed E-state index contributed by atoms with van der Waals surface area (Å²) in [7, 11) is 1.69. The highest BCUT2D eigenvalue weighted by atomic mass is 16.5. The predicted octanol–water partition coefficient (Wildman–Crippen LogP) is 2.40. The average molecular weight is 248 g/mol. The Bertz CT molecular complexity index is 443. The molecule has 0 aromatic heterocycles. The second-order valence-corrected chi connectivity index (χ2v) is 5.32. The van der Waals surface area contributed by atoms with Crippen LogP contribution in [0.5, 0.6) is 5.75 Å². The van der Waals surface area contributed by atoms with E-state index in [-0.39, 0.29) is 6.10 Å². The third kappa shape index (κ3) is 1.82. The third-order valence-electron chi connectivity index (χ3n) is 4.28. The molecule has 18 heavy (non-hydrogen) atoms. The number of hydrogen-bond donors (Lipinski definition) is 1. The second-order valence-electron chi connectivity index (χ2n) is 5.32. The van der Waals surface area contributed by atoms with Crippen molar-refractivity contribution in [1.29, 1.82) is 0 Å². The molecule has 0 radical (unpaired) electrons. The van der Waals surface area contributed by atoms with Gasteiger partial charge in [0.05, 0.1) is 12.7 Å². The summed E-state index contributed by atoms with van der Waals surface area (Å²) >= 11 is 0. The lowest BCUT2D eigenvalue weighted by atomic mass is 9.77. The van der Waals surface area contributed by atoms with Crippen molar-refractivity contribution >= 4 is 0 Å². The highest BCUT2D eigenvalue weighted by Gasteiger charge is 2.41. The maximum absolute atomic E-state index is 11.0. The lowest BCUT2D eigenvalue weighted by Crippen LogP contribution is -2.43. The summed E-state index contributed by atoms with van der Waals surface area (Å²) < 4.78 is 11.0. The summed E-state index contributed by atoms with van der Waals surface area (Å²) in [6, 6.07) is 6.07. The molecule has 2 atom stereocenters. The van der Waals surface area contributed by atoms with Crippen LogP contribution in [0.15, 0.2) is 18.2 Å². The molecule has 2 aliphatic rings. The molecule has 3 rings (SSSR count). The lowest BCUT2D eigenvalue weighted by molar-refractivity contribution is -0.122. The van der Waals surface area contributed by atoms with Crippen LogP contribution in [0.1, 0.15) is 36.8 Å². The summed E-state index contributed by atoms with van der Waals surface area (Å²) in [6.07, 6.45) is 4.76. The minimum atomic E-state index is -0.829. The quantitative estimate of drug-likeness (QED) is 0.873. The van der Waals surface area contributed by atoms with Gasteiger partial charge in [0.1, 0.15) is 11.4 Å². The predicted molar refractivity (Wildman–Crippen MR) is 68.8 cm³/mol. The molecule has 2 unspecified atom stereocenters. The first-order valence-electron chi connectivity index (χ1n) is 6.75. The van der Waals surface area contributed by atoms with E-state index in [1.54, 1.807) is 7.11 Å². The highest BCUT2D eigenvalue weighted by molar-refractivity contribution is 5.42. The van der Waals surface area contributed by atoms with Gasteiger partial charge in [-0.15, -0.1) is 0 Å². The minimum absolute atomic E-state index is 0.0911. The van der Waals surface area contributed by atoms with E-state index in [0.717, 1.165) is 50.0 Å². The van der Waals surface area contributed by atoms with Gasteiger partial charge in [-0.05, 0) is 36.1 Å². The first-order chi connectivity index (χ1) is 8.74. The largest absolute Gasteiger partial charge is 0.493 e. The Morgan fingerprint density at radius 1 is 1.39 bits per heavy atom. The number of benzene rings is 1. The molecule has 3 nitrogen and oxygen atoms in total. The van der Waals surface area contributed by atoms with Crippen molar-refractivity contribution in [2.24, 2.45) is 0 Å². The van der Waals surface area contributed by atoms with Gasteiger partial charge in [0.25, 0.3) is 0 Å². The van der Waals surface area contributed by atoms with Crippen LogP contribution < -0.4 is 4.74 Å². The van der Waals surface area contributed by atoms with Gasteiger partial charge in [0.15, 0.2) is 0 Å². The molecule has 1 aliphatic heterocycles. The van der Waals surface area contributed by atoms with Crippen LogP contribution >= 0.6 is 0 Å². The molecular weight excluding hydrogens is 228 g/mol. The van der Waals surface area contributed by atoms with E-state index >= 15 is 0 Å². The molecule has 1 saturated carbocycles. The van der Waals surface area contributed by atoms with Crippen molar-refractivity contribution in [2.75, 3.05) is 13.7 Å². The normalized spacial score (nSPS) is 30.9. The Labute approximate surface area is 108 Å². The monoisotopic (exact) mass is 248 g/mol. The van der Waals surface area contributed by atoms with Gasteiger partial charge in [-0.3, -0.25) is 0 Å². The maximum atomic E-state index is 11.0. The van der Waals surface area contributed by atoms with Gasteiger partial charge in [-0.1, -0.05) is 18.9 Å². The van der Waals surface area contributed by atoms with Crippen LogP contribution in [-0.2, 0) is 16.8 Å². The number of methoxy groups -OCH3 is 1. The average Bonchev–Trinajstić information content (AvgIpc) is 2.86. The number of rotatable bonds is 2. The van der Waals surface area contributed by atoms with E-state index in [0.29, 0.717) is 0 Å². The molecule has 1 aromatic carbocycles. The molecule has 0 bridgehead atoms. The van der Waals surface area contributed by atoms with E-state index < -0.39 is 5.60 Å². The van der Waals surface area contributed by atoms with E-state index in [9.17, 15) is 5.11 Å². The molecule has 98 valence electrons. The molecule has 1 N–H and O–H groups in total. The summed E-state index contributed by atoms with van der Waals surface area (Å²) in [5.74, 6) is 0.965. The number of aliphatic hydroxyl groups is 1. The van der Waals surface area contributed by atoms with E-state index in [1.807, 2.05) is 12.1 Å². The maximum Gasteiger partial charge on any atom is 0.122 e. The van der Waals surface area contributed by atoms with E-state index in [4.69, 9.17) is 9.47 Å². The van der Waals surface area contributed by atoms with Crippen LogP contribution in [0.2, 0.25) is 0 Å². The number of ether oxygens (including phenoxy) is 2. The van der Waals surface area contributed by atoms with E-state index in [2.05, 4.69) is 6.07 Å². The standard InChI is InChI=1S/C15H20O3/c1-17-14-4-2-3-8-15(14,16)12-5-6-13-11(10-12)7-9-18-13/h5-6,10,14,16H,2-4,7-9H2,1H3. The summed E-state index contributed by atoms with van der Waals surface area (Å²) in [5.41, 5.74) is 1.37. The summed E-state index contributed by atoms with van der Waals surface area (Å²) in [5, 5.41) is 11.0. The third-order valence-corrected chi connectivity index (χ3v) is 4.28. The Kier molecular flexibility index (Phi) is 3.04. The summed E-state index contributed by atoms with van der Waals surface area (Å²) in [4.78, 5) is 0. The molecular formula is C15H20O3. The van der Waals surface area contributed by atoms with Gasteiger partial charge in [0.2, 0.25) is 0 Å². The molecule has 0 amide bonds. The number of hydrogen-bond acceptors (Lipinski definition) is 3. The van der Waals surface area contributed by atoms with Crippen LogP contribution in [-0.4, -0.2) is 24.9 Å². The first-order valence-corrected chi connectivity index (χ1v) is 6.75. The smallest absolute Gasteiger partial charge is 0.122 e. The first kappa shape index (κ1) is 12.0. The molecule has 3 heteroatoms. The molecule has 0 spiro atoms.